The molecule has 2 unspecified atom stereocenters. The lowest BCUT2D eigenvalue weighted by Crippen LogP contribution is -2.36. The molecular weight excluding hydrogens is 500 g/mol. The van der Waals surface area contributed by atoms with Gasteiger partial charge in [0.1, 0.15) is 6.61 Å². The van der Waals surface area contributed by atoms with Crippen LogP contribution >= 0.6 is 11.3 Å². The number of hydrogen-bond acceptors (Lipinski definition) is 10. The van der Waals surface area contributed by atoms with Crippen molar-refractivity contribution in [3.63, 3.8) is 0 Å². The average molecular weight is 529 g/mol. The number of phenolic OH excluding ortho intramolecular Hbond substituents is 1. The van der Waals surface area contributed by atoms with Crippen LogP contribution in [0.15, 0.2) is 52.2 Å². The summed E-state index contributed by atoms with van der Waals surface area (Å²) >= 11 is 1.58. The van der Waals surface area contributed by atoms with Gasteiger partial charge in [-0.15, -0.1) is 11.3 Å². The van der Waals surface area contributed by atoms with E-state index in [9.17, 15) is 24.8 Å². The maximum absolute atomic E-state index is 13.6. The van der Waals surface area contributed by atoms with E-state index in [4.69, 9.17) is 14.2 Å². The summed E-state index contributed by atoms with van der Waals surface area (Å²) in [7, 11) is 1.27. The normalized spacial score (nSPS) is 19.4. The molecule has 4 rings (SSSR count). The number of Topliss-reactive ketones (excluding diaryl/α,β-unsaturated/α-hetero) is 1. The van der Waals surface area contributed by atoms with Crippen LogP contribution in [0.25, 0.3) is 0 Å². The molecule has 2 N–H and O–H groups in total. The summed E-state index contributed by atoms with van der Waals surface area (Å²) < 4.78 is 15.9. The van der Waals surface area contributed by atoms with Gasteiger partial charge in [-0.05, 0) is 43.3 Å². The van der Waals surface area contributed by atoms with Crippen LogP contribution in [0, 0.1) is 10.1 Å². The van der Waals surface area contributed by atoms with Gasteiger partial charge in [-0.2, -0.15) is 0 Å². The van der Waals surface area contributed by atoms with Crippen molar-refractivity contribution in [2.45, 2.75) is 38.5 Å². The Hall–Kier alpha value is -3.70. The number of nitrogens with zero attached hydrogens (tertiary/aromatic N) is 1. The number of methoxy groups -OCH3 is 1. The van der Waals surface area contributed by atoms with E-state index in [0.29, 0.717) is 30.0 Å². The zero-order chi connectivity index (χ0) is 26.7. The number of nitro groups is 1. The molecule has 196 valence electrons. The minimum Gasteiger partial charge on any atom is -0.500 e. The topological polar surface area (TPSA) is 137 Å². The molecule has 1 aliphatic heterocycles. The highest BCUT2D eigenvalue weighted by molar-refractivity contribution is 7.10. The molecule has 0 bridgehead atoms. The van der Waals surface area contributed by atoms with Crippen molar-refractivity contribution < 1.29 is 33.8 Å². The molecule has 2 aliphatic rings. The lowest BCUT2D eigenvalue weighted by molar-refractivity contribution is -0.386. The van der Waals surface area contributed by atoms with Gasteiger partial charge in [0.05, 0.1) is 24.2 Å². The SMILES string of the molecule is CCOCCOC(=O)C1=C(C)NC2=C(C(=O)CC(c3cccs3)C2)C1c1cc(OC)c(O)c([N+](=O)[O-])c1. The van der Waals surface area contributed by atoms with Crippen LogP contribution in [-0.2, 0) is 19.1 Å². The Balaban J connectivity index is 1.83. The highest BCUT2D eigenvalue weighted by Gasteiger charge is 2.42. The number of carbonyl (C=O) groups is 2. The molecule has 0 fully saturated rings. The predicted octanol–water partition coefficient (Wildman–Crippen LogP) is 4.31. The number of carbonyl (C=O) groups excluding carboxylic acids is 2. The molecule has 10 nitrogen and oxygen atoms in total. The monoisotopic (exact) mass is 528 g/mol. The molecule has 0 spiro atoms. The number of nitrogens with one attached hydrogen (secondary N) is 1. The number of nitro benzene ring substituents is 1. The third-order valence-electron chi connectivity index (χ3n) is 6.49. The first kappa shape index (κ1) is 26.4. The van der Waals surface area contributed by atoms with Crippen LogP contribution in [-0.4, -0.2) is 48.7 Å². The first-order chi connectivity index (χ1) is 17.8. The van der Waals surface area contributed by atoms with Crippen molar-refractivity contribution >= 4 is 28.8 Å². The van der Waals surface area contributed by atoms with Crippen molar-refractivity contribution in [1.82, 2.24) is 5.32 Å². The van der Waals surface area contributed by atoms with Gasteiger partial charge in [-0.25, -0.2) is 4.79 Å². The highest BCUT2D eigenvalue weighted by Crippen LogP contribution is 2.49. The van der Waals surface area contributed by atoms with Crippen molar-refractivity contribution in [1.29, 1.82) is 0 Å². The molecule has 1 aromatic carbocycles. The van der Waals surface area contributed by atoms with Crippen molar-refractivity contribution in [2.75, 3.05) is 26.9 Å². The first-order valence-corrected chi connectivity index (χ1v) is 12.7. The van der Waals surface area contributed by atoms with Crippen LogP contribution in [0.4, 0.5) is 5.69 Å². The Labute approximate surface area is 217 Å². The van der Waals surface area contributed by atoms with Crippen molar-refractivity contribution in [3.05, 3.63) is 72.7 Å². The summed E-state index contributed by atoms with van der Waals surface area (Å²) in [5.41, 5.74) is 1.36. The van der Waals surface area contributed by atoms with Gasteiger partial charge in [-0.1, -0.05) is 6.07 Å². The zero-order valence-corrected chi connectivity index (χ0v) is 21.6. The molecule has 11 heteroatoms. The molecule has 0 saturated heterocycles. The van der Waals surface area contributed by atoms with Crippen molar-refractivity contribution in [3.8, 4) is 11.5 Å². The van der Waals surface area contributed by atoms with E-state index in [0.717, 1.165) is 4.88 Å². The van der Waals surface area contributed by atoms with E-state index < -0.39 is 28.2 Å². The van der Waals surface area contributed by atoms with E-state index in [-0.39, 0.29) is 48.2 Å². The number of rotatable bonds is 9. The molecule has 2 aromatic rings. The number of esters is 1. The highest BCUT2D eigenvalue weighted by atomic mass is 32.1. The molecule has 0 amide bonds. The first-order valence-electron chi connectivity index (χ1n) is 11.8. The minimum absolute atomic E-state index is 0.00945. The van der Waals surface area contributed by atoms with E-state index in [1.807, 2.05) is 24.4 Å². The summed E-state index contributed by atoms with van der Waals surface area (Å²) in [5.74, 6) is -2.56. The van der Waals surface area contributed by atoms with Crippen LogP contribution in [0.5, 0.6) is 11.5 Å². The minimum atomic E-state index is -0.944. The number of dihydropyridines is 1. The van der Waals surface area contributed by atoms with E-state index >= 15 is 0 Å². The fourth-order valence-electron chi connectivity index (χ4n) is 4.86. The summed E-state index contributed by atoms with van der Waals surface area (Å²) in [5, 5.41) is 27.2. The summed E-state index contributed by atoms with van der Waals surface area (Å²) in [4.78, 5) is 39.0. The lowest BCUT2D eigenvalue weighted by Gasteiger charge is -2.36. The van der Waals surface area contributed by atoms with Crippen LogP contribution in [0.1, 0.15) is 49.0 Å². The maximum Gasteiger partial charge on any atom is 0.336 e. The third kappa shape index (κ3) is 5.23. The second-order valence-electron chi connectivity index (χ2n) is 8.71. The fraction of sp³-hybridized carbons (Fsp3) is 0.385. The molecule has 2 atom stereocenters. The Kier molecular flexibility index (Phi) is 7.94. The number of benzene rings is 1. The second kappa shape index (κ2) is 11.1. The Morgan fingerprint density at radius 2 is 2.08 bits per heavy atom. The van der Waals surface area contributed by atoms with E-state index in [1.54, 1.807) is 18.3 Å². The average Bonchev–Trinajstić information content (AvgIpc) is 3.41. The second-order valence-corrected chi connectivity index (χ2v) is 9.69. The Bertz CT molecular complexity index is 1280. The predicted molar refractivity (Wildman–Crippen MR) is 136 cm³/mol. The summed E-state index contributed by atoms with van der Waals surface area (Å²) in [6.07, 6.45) is 0.778. The van der Waals surface area contributed by atoms with Gasteiger partial charge < -0.3 is 24.6 Å². The fourth-order valence-corrected chi connectivity index (χ4v) is 5.69. The van der Waals surface area contributed by atoms with Crippen LogP contribution in [0.2, 0.25) is 0 Å². The number of thiophene rings is 1. The van der Waals surface area contributed by atoms with Gasteiger partial charge in [0, 0.05) is 52.8 Å². The van der Waals surface area contributed by atoms with Gasteiger partial charge in [-0.3, -0.25) is 14.9 Å². The number of aromatic hydroxyl groups is 1. The largest absolute Gasteiger partial charge is 0.500 e. The summed E-state index contributed by atoms with van der Waals surface area (Å²) in [6.45, 7) is 4.22. The maximum atomic E-state index is 13.6. The number of hydrogen-bond donors (Lipinski definition) is 2. The number of ketones is 1. The van der Waals surface area contributed by atoms with Crippen LogP contribution < -0.4 is 10.1 Å². The number of allylic oxidation sites excluding steroid dienone is 3. The third-order valence-corrected chi connectivity index (χ3v) is 7.52. The smallest absolute Gasteiger partial charge is 0.336 e. The standard InChI is InChI=1S/C26H28N2O8S/c1-4-35-7-8-36-26(31)22-14(2)27-17-10-15(21-6-5-9-37-21)12-19(29)24(17)23(22)16-11-18(28(32)33)25(30)20(13-16)34-3/h5-6,9,11,13,15,23,27,30H,4,7-8,10,12H2,1-3H3. The summed E-state index contributed by atoms with van der Waals surface area (Å²) in [6, 6.07) is 6.53. The van der Waals surface area contributed by atoms with E-state index in [2.05, 4.69) is 5.32 Å². The van der Waals surface area contributed by atoms with Gasteiger partial charge in [0.2, 0.25) is 5.75 Å². The number of phenols is 1. The molecule has 1 aliphatic carbocycles. The molecule has 37 heavy (non-hydrogen) atoms. The molecule has 2 heterocycles. The Morgan fingerprint density at radius 3 is 2.73 bits per heavy atom. The van der Waals surface area contributed by atoms with Gasteiger partial charge in [0.15, 0.2) is 11.5 Å². The molecule has 0 radical (unpaired) electrons. The molecular formula is C26H28N2O8S. The van der Waals surface area contributed by atoms with Gasteiger partial charge >= 0.3 is 11.7 Å². The Morgan fingerprint density at radius 1 is 1.30 bits per heavy atom. The van der Waals surface area contributed by atoms with Gasteiger partial charge in [0.25, 0.3) is 0 Å². The van der Waals surface area contributed by atoms with Crippen molar-refractivity contribution in [2.24, 2.45) is 0 Å². The lowest BCUT2D eigenvalue weighted by atomic mass is 9.72. The molecule has 1 aromatic heterocycles. The number of ether oxygens (including phenoxy) is 3. The van der Waals surface area contributed by atoms with Crippen LogP contribution in [0.3, 0.4) is 0 Å². The zero-order valence-electron chi connectivity index (χ0n) is 20.7. The quantitative estimate of drug-likeness (QED) is 0.211. The van der Waals surface area contributed by atoms with E-state index in [1.165, 1.54) is 19.2 Å². The molecule has 0 saturated carbocycles.